The Morgan fingerprint density at radius 1 is 0.833 bits per heavy atom. The zero-order valence-electron chi connectivity index (χ0n) is 19.7. The smallest absolute Gasteiger partial charge is 0.171 e. The molecule has 8 unspecified atom stereocenters. The molecule has 1 N–H and O–H groups in total. The number of aliphatic hydroxyl groups is 1. The van der Waals surface area contributed by atoms with Crippen LogP contribution < -0.4 is 0 Å². The van der Waals surface area contributed by atoms with E-state index in [0.29, 0.717) is 34.7 Å². The van der Waals surface area contributed by atoms with Crippen molar-refractivity contribution in [3.05, 3.63) is 0 Å². The first kappa shape index (κ1) is 20.5. The van der Waals surface area contributed by atoms with Crippen molar-refractivity contribution in [2.24, 2.45) is 52.3 Å². The molecule has 4 saturated carbocycles. The highest BCUT2D eigenvalue weighted by molar-refractivity contribution is 5.15. The molecule has 6 fully saturated rings. The lowest BCUT2D eigenvalue weighted by Gasteiger charge is -2.61. The van der Waals surface area contributed by atoms with Gasteiger partial charge in [0.1, 0.15) is 0 Å². The lowest BCUT2D eigenvalue weighted by atomic mass is 9.44. The molecule has 12 atom stereocenters. The Bertz CT molecular complexity index is 684. The summed E-state index contributed by atoms with van der Waals surface area (Å²) in [7, 11) is 0. The van der Waals surface area contributed by atoms with Gasteiger partial charge in [-0.2, -0.15) is 0 Å². The van der Waals surface area contributed by atoms with Crippen LogP contribution >= 0.6 is 0 Å². The van der Waals surface area contributed by atoms with Gasteiger partial charge in [-0.15, -0.1) is 0 Å². The van der Waals surface area contributed by atoms with Crippen LogP contribution in [-0.2, 0) is 9.47 Å². The first-order valence-electron chi connectivity index (χ1n) is 13.3. The average molecular weight is 417 g/mol. The topological polar surface area (TPSA) is 38.7 Å². The summed E-state index contributed by atoms with van der Waals surface area (Å²) in [4.78, 5) is 0. The maximum Gasteiger partial charge on any atom is 0.171 e. The van der Waals surface area contributed by atoms with Gasteiger partial charge < -0.3 is 14.6 Å². The molecule has 0 aromatic heterocycles. The normalized spacial score (nSPS) is 62.5. The van der Waals surface area contributed by atoms with Gasteiger partial charge in [0, 0.05) is 12.3 Å². The Balaban J connectivity index is 1.26. The van der Waals surface area contributed by atoms with Crippen molar-refractivity contribution in [3.63, 3.8) is 0 Å². The van der Waals surface area contributed by atoms with Crippen molar-refractivity contribution >= 4 is 0 Å². The van der Waals surface area contributed by atoms with Crippen LogP contribution in [0.2, 0.25) is 0 Å². The molecule has 0 aromatic rings. The van der Waals surface area contributed by atoms with Crippen LogP contribution in [-0.4, -0.2) is 29.7 Å². The third kappa shape index (κ3) is 2.61. The second-order valence-electron chi connectivity index (χ2n) is 13.1. The summed E-state index contributed by atoms with van der Waals surface area (Å²) in [6.45, 7) is 10.9. The summed E-state index contributed by atoms with van der Waals surface area (Å²) in [5, 5.41) is 10.3. The minimum atomic E-state index is -0.282. The summed E-state index contributed by atoms with van der Waals surface area (Å²) < 4.78 is 13.4. The number of hydrogen-bond donors (Lipinski definition) is 1. The minimum absolute atomic E-state index is 0.0389. The summed E-state index contributed by atoms with van der Waals surface area (Å²) in [6.07, 6.45) is 12.9. The molecule has 2 aliphatic heterocycles. The molecular weight excluding hydrogens is 372 g/mol. The Labute approximate surface area is 183 Å². The van der Waals surface area contributed by atoms with Crippen LogP contribution in [0.1, 0.15) is 91.9 Å². The monoisotopic (exact) mass is 416 g/mol. The Hall–Kier alpha value is -0.120. The highest BCUT2D eigenvalue weighted by Crippen LogP contribution is 2.71. The van der Waals surface area contributed by atoms with E-state index in [9.17, 15) is 5.11 Å². The van der Waals surface area contributed by atoms with Crippen molar-refractivity contribution in [1.82, 2.24) is 0 Å². The van der Waals surface area contributed by atoms with Crippen LogP contribution in [0.4, 0.5) is 0 Å². The van der Waals surface area contributed by atoms with Gasteiger partial charge in [-0.05, 0) is 104 Å². The van der Waals surface area contributed by atoms with Crippen molar-refractivity contribution < 1.29 is 14.6 Å². The van der Waals surface area contributed by atoms with Crippen LogP contribution in [0.3, 0.4) is 0 Å². The van der Waals surface area contributed by atoms with E-state index in [2.05, 4.69) is 27.7 Å². The third-order valence-corrected chi connectivity index (χ3v) is 11.9. The molecule has 3 nitrogen and oxygen atoms in total. The molecule has 3 heteroatoms. The summed E-state index contributed by atoms with van der Waals surface area (Å²) in [5.74, 6) is 4.93. The summed E-state index contributed by atoms with van der Waals surface area (Å²) in [5.41, 5.74) is 0.899. The van der Waals surface area contributed by atoms with Gasteiger partial charge in [-0.25, -0.2) is 0 Å². The quantitative estimate of drug-likeness (QED) is 0.543. The van der Waals surface area contributed by atoms with Crippen molar-refractivity contribution in [3.8, 4) is 0 Å². The van der Waals surface area contributed by atoms with E-state index >= 15 is 0 Å². The van der Waals surface area contributed by atoms with Crippen molar-refractivity contribution in [2.75, 3.05) is 6.61 Å². The maximum absolute atomic E-state index is 10.3. The Kier molecular flexibility index (Phi) is 4.58. The fraction of sp³-hybridized carbons (Fsp3) is 1.00. The highest BCUT2D eigenvalue weighted by Gasteiger charge is 2.69. The number of rotatable bonds is 0. The fourth-order valence-corrected chi connectivity index (χ4v) is 10.3. The van der Waals surface area contributed by atoms with Gasteiger partial charge in [-0.3, -0.25) is 0 Å². The van der Waals surface area contributed by atoms with Crippen LogP contribution in [0.15, 0.2) is 0 Å². The van der Waals surface area contributed by atoms with E-state index < -0.39 is 0 Å². The number of fused-ring (bicyclic) bond motifs is 7. The molecule has 0 amide bonds. The third-order valence-electron chi connectivity index (χ3n) is 11.9. The van der Waals surface area contributed by atoms with Gasteiger partial charge in [0.05, 0.1) is 18.8 Å². The summed E-state index contributed by atoms with van der Waals surface area (Å²) >= 11 is 0. The molecule has 1 spiro atoms. The Morgan fingerprint density at radius 2 is 1.63 bits per heavy atom. The molecule has 2 heterocycles. The van der Waals surface area contributed by atoms with Gasteiger partial charge in [0.2, 0.25) is 0 Å². The molecule has 170 valence electrons. The minimum Gasteiger partial charge on any atom is -0.393 e. The molecule has 0 bridgehead atoms. The van der Waals surface area contributed by atoms with E-state index in [-0.39, 0.29) is 11.9 Å². The van der Waals surface area contributed by atoms with Crippen LogP contribution in [0, 0.1) is 52.3 Å². The number of aliphatic hydroxyl groups excluding tert-OH is 1. The molecule has 6 rings (SSSR count). The van der Waals surface area contributed by atoms with Gasteiger partial charge in [0.25, 0.3) is 0 Å². The van der Waals surface area contributed by atoms with E-state index in [1.807, 2.05) is 0 Å². The predicted octanol–water partition coefficient (Wildman–Crippen LogP) is 5.79. The van der Waals surface area contributed by atoms with E-state index in [0.717, 1.165) is 49.5 Å². The highest BCUT2D eigenvalue weighted by atomic mass is 16.7. The molecule has 0 radical (unpaired) electrons. The second-order valence-corrected chi connectivity index (χ2v) is 13.1. The largest absolute Gasteiger partial charge is 0.393 e. The number of ether oxygens (including phenoxy) is 2. The second kappa shape index (κ2) is 6.70. The predicted molar refractivity (Wildman–Crippen MR) is 118 cm³/mol. The molecule has 4 aliphatic carbocycles. The lowest BCUT2D eigenvalue weighted by molar-refractivity contribution is -0.273. The Morgan fingerprint density at radius 3 is 2.40 bits per heavy atom. The SMILES string of the molecule is CC1C2C(CC3C4CC[C@@H]5CC(O)CC[C@]5(C)C4CC[C@@]32C)OC12CC[C@H](C)CO2. The van der Waals surface area contributed by atoms with Crippen molar-refractivity contribution in [2.45, 2.75) is 110 Å². The van der Waals surface area contributed by atoms with Gasteiger partial charge >= 0.3 is 0 Å². The van der Waals surface area contributed by atoms with E-state index in [4.69, 9.17) is 9.47 Å². The maximum atomic E-state index is 10.3. The molecule has 2 saturated heterocycles. The molecular formula is C27H44O3. The van der Waals surface area contributed by atoms with E-state index in [1.54, 1.807) is 0 Å². The van der Waals surface area contributed by atoms with Crippen molar-refractivity contribution in [1.29, 1.82) is 0 Å². The average Bonchev–Trinajstić information content (AvgIpc) is 3.16. The fourth-order valence-electron chi connectivity index (χ4n) is 10.3. The first-order valence-corrected chi connectivity index (χ1v) is 13.3. The summed E-state index contributed by atoms with van der Waals surface area (Å²) in [6, 6.07) is 0. The van der Waals surface area contributed by atoms with Gasteiger partial charge in [0.15, 0.2) is 5.79 Å². The van der Waals surface area contributed by atoms with Gasteiger partial charge in [-0.1, -0.05) is 27.7 Å². The van der Waals surface area contributed by atoms with Crippen LogP contribution in [0.5, 0.6) is 0 Å². The van der Waals surface area contributed by atoms with E-state index in [1.165, 1.54) is 44.9 Å². The zero-order valence-corrected chi connectivity index (χ0v) is 19.7. The molecule has 0 aromatic carbocycles. The lowest BCUT2D eigenvalue weighted by Crippen LogP contribution is -2.55. The van der Waals surface area contributed by atoms with Crippen LogP contribution in [0.25, 0.3) is 0 Å². The first-order chi connectivity index (χ1) is 14.3. The molecule has 30 heavy (non-hydrogen) atoms. The number of hydrogen-bond acceptors (Lipinski definition) is 3. The standard InChI is InChI=1S/C27H44O3/c1-16-7-12-27(29-15-16)17(2)24-23(30-27)14-22-20-6-5-18-13-19(28)8-10-25(18,3)21(20)9-11-26(22,24)4/h16-24,28H,5-15H2,1-4H3/t16-,17?,18+,19?,20?,21?,22?,23?,24?,25-,26-,27?/m0/s1. The molecule has 6 aliphatic rings. The zero-order chi connectivity index (χ0) is 20.9.